The number of rotatable bonds is 7. The van der Waals surface area contributed by atoms with Gasteiger partial charge in [0.1, 0.15) is 0 Å². The first-order valence-corrected chi connectivity index (χ1v) is 5.94. The molecule has 0 saturated heterocycles. The van der Waals surface area contributed by atoms with Gasteiger partial charge in [0.15, 0.2) is 0 Å². The summed E-state index contributed by atoms with van der Waals surface area (Å²) in [6.45, 7) is 10.1. The van der Waals surface area contributed by atoms with Crippen LogP contribution >= 0.6 is 11.6 Å². The number of halogens is 1. The van der Waals surface area contributed by atoms with Crippen LogP contribution in [-0.4, -0.2) is 18.5 Å². The Morgan fingerprint density at radius 1 is 1.23 bits per heavy atom. The maximum atomic E-state index is 5.78. The van der Waals surface area contributed by atoms with Gasteiger partial charge in [-0.15, -0.1) is 11.6 Å². The van der Waals surface area contributed by atoms with E-state index < -0.39 is 0 Å². The molecule has 0 aliphatic heterocycles. The summed E-state index contributed by atoms with van der Waals surface area (Å²) >= 11 is 5.78. The minimum absolute atomic E-state index is 0.539. The van der Waals surface area contributed by atoms with Crippen LogP contribution in [0.3, 0.4) is 0 Å². The van der Waals surface area contributed by atoms with Crippen LogP contribution < -0.4 is 5.32 Å². The molecule has 1 nitrogen and oxygen atoms in total. The zero-order valence-corrected chi connectivity index (χ0v) is 10.2. The Morgan fingerprint density at radius 2 is 1.85 bits per heavy atom. The van der Waals surface area contributed by atoms with E-state index >= 15 is 0 Å². The van der Waals surface area contributed by atoms with Gasteiger partial charge < -0.3 is 5.32 Å². The van der Waals surface area contributed by atoms with Gasteiger partial charge in [0.25, 0.3) is 0 Å². The van der Waals surface area contributed by atoms with Gasteiger partial charge in [-0.05, 0) is 31.7 Å². The van der Waals surface area contributed by atoms with Crippen LogP contribution in [0, 0.1) is 11.8 Å². The lowest BCUT2D eigenvalue weighted by Crippen LogP contribution is -2.35. The van der Waals surface area contributed by atoms with Crippen LogP contribution in [0.5, 0.6) is 0 Å². The summed E-state index contributed by atoms with van der Waals surface area (Å²) in [5, 5.41) is 3.53. The van der Waals surface area contributed by atoms with Crippen LogP contribution in [0.25, 0.3) is 0 Å². The molecule has 0 amide bonds. The van der Waals surface area contributed by atoms with E-state index in [1.54, 1.807) is 0 Å². The van der Waals surface area contributed by atoms with Gasteiger partial charge in [-0.2, -0.15) is 0 Å². The Balaban J connectivity index is 3.50. The van der Waals surface area contributed by atoms with Gasteiger partial charge in [-0.3, -0.25) is 0 Å². The van der Waals surface area contributed by atoms with Gasteiger partial charge in [-0.1, -0.05) is 27.2 Å². The maximum Gasteiger partial charge on any atom is 0.0263 e. The fraction of sp³-hybridized carbons (Fsp3) is 1.00. The van der Waals surface area contributed by atoms with Crippen molar-refractivity contribution >= 4 is 11.6 Å². The van der Waals surface area contributed by atoms with Crippen LogP contribution in [-0.2, 0) is 0 Å². The normalized spacial score (nSPS) is 18.2. The van der Waals surface area contributed by atoms with Crippen molar-refractivity contribution in [2.45, 2.75) is 46.6 Å². The fourth-order valence-corrected chi connectivity index (χ4v) is 1.58. The molecule has 0 aliphatic rings. The predicted octanol–water partition coefficient (Wildman–Crippen LogP) is 3.28. The number of alkyl halides is 1. The van der Waals surface area contributed by atoms with E-state index in [4.69, 9.17) is 11.6 Å². The molecular formula is C11H24ClN. The molecule has 0 saturated carbocycles. The maximum absolute atomic E-state index is 5.78. The Bertz CT molecular complexity index is 117. The van der Waals surface area contributed by atoms with E-state index in [-0.39, 0.29) is 0 Å². The van der Waals surface area contributed by atoms with E-state index in [2.05, 4.69) is 33.0 Å². The minimum atomic E-state index is 0.539. The average molecular weight is 206 g/mol. The predicted molar refractivity (Wildman–Crippen MR) is 61.4 cm³/mol. The van der Waals surface area contributed by atoms with Crippen molar-refractivity contribution < 1.29 is 0 Å². The molecular weight excluding hydrogens is 182 g/mol. The Morgan fingerprint density at radius 3 is 2.31 bits per heavy atom. The lowest BCUT2D eigenvalue weighted by atomic mass is 10.0. The molecule has 0 fully saturated rings. The molecule has 0 bridgehead atoms. The Hall–Kier alpha value is 0.250. The summed E-state index contributed by atoms with van der Waals surface area (Å²) in [5.74, 6) is 2.10. The molecule has 0 aromatic rings. The number of hydrogen-bond donors (Lipinski definition) is 1. The number of hydrogen-bond acceptors (Lipinski definition) is 1. The molecule has 0 aromatic heterocycles. The minimum Gasteiger partial charge on any atom is -0.314 e. The lowest BCUT2D eigenvalue weighted by Gasteiger charge is -2.21. The standard InChI is InChI=1S/C11H24ClN/c1-5-6-9(2)8-13-11(4)10(3)7-12/h9-11,13H,5-8H2,1-4H3. The lowest BCUT2D eigenvalue weighted by molar-refractivity contribution is 0.383. The van der Waals surface area contributed by atoms with Crippen molar-refractivity contribution in [2.75, 3.05) is 12.4 Å². The molecule has 0 heterocycles. The van der Waals surface area contributed by atoms with Crippen molar-refractivity contribution in [3.63, 3.8) is 0 Å². The Kier molecular flexibility index (Phi) is 7.78. The van der Waals surface area contributed by atoms with Crippen molar-refractivity contribution in [3.8, 4) is 0 Å². The van der Waals surface area contributed by atoms with Crippen LogP contribution in [0.2, 0.25) is 0 Å². The largest absolute Gasteiger partial charge is 0.314 e. The van der Waals surface area contributed by atoms with E-state index in [1.807, 2.05) is 0 Å². The van der Waals surface area contributed by atoms with Crippen molar-refractivity contribution in [1.29, 1.82) is 0 Å². The van der Waals surface area contributed by atoms with Gasteiger partial charge in [0.2, 0.25) is 0 Å². The van der Waals surface area contributed by atoms with Crippen molar-refractivity contribution in [2.24, 2.45) is 11.8 Å². The molecule has 3 atom stereocenters. The van der Waals surface area contributed by atoms with Gasteiger partial charge >= 0.3 is 0 Å². The van der Waals surface area contributed by atoms with E-state index in [9.17, 15) is 0 Å². The molecule has 0 rings (SSSR count). The quantitative estimate of drug-likeness (QED) is 0.630. The number of nitrogens with one attached hydrogen (secondary N) is 1. The van der Waals surface area contributed by atoms with Crippen LogP contribution in [0.1, 0.15) is 40.5 Å². The summed E-state index contributed by atoms with van der Waals surface area (Å²) in [6, 6.07) is 0.539. The zero-order valence-electron chi connectivity index (χ0n) is 9.44. The second-order valence-electron chi connectivity index (χ2n) is 4.22. The van der Waals surface area contributed by atoms with E-state index in [0.29, 0.717) is 12.0 Å². The smallest absolute Gasteiger partial charge is 0.0263 e. The first-order chi connectivity index (χ1) is 6.11. The van der Waals surface area contributed by atoms with Crippen molar-refractivity contribution in [1.82, 2.24) is 5.32 Å². The fourth-order valence-electron chi connectivity index (χ4n) is 1.32. The SMILES string of the molecule is CCCC(C)CNC(C)C(C)CCl. The van der Waals surface area contributed by atoms with Crippen molar-refractivity contribution in [3.05, 3.63) is 0 Å². The topological polar surface area (TPSA) is 12.0 Å². The average Bonchev–Trinajstić information content (AvgIpc) is 2.13. The highest BCUT2D eigenvalue weighted by atomic mass is 35.5. The highest BCUT2D eigenvalue weighted by Gasteiger charge is 2.11. The monoisotopic (exact) mass is 205 g/mol. The molecule has 0 radical (unpaired) electrons. The third-order valence-electron chi connectivity index (χ3n) is 2.67. The third-order valence-corrected chi connectivity index (χ3v) is 3.15. The van der Waals surface area contributed by atoms with Crippen LogP contribution in [0.4, 0.5) is 0 Å². The molecule has 1 N–H and O–H groups in total. The summed E-state index contributed by atoms with van der Waals surface area (Å²) in [7, 11) is 0. The second kappa shape index (κ2) is 7.64. The highest BCUT2D eigenvalue weighted by Crippen LogP contribution is 2.07. The van der Waals surface area contributed by atoms with Crippen LogP contribution in [0.15, 0.2) is 0 Å². The summed E-state index contributed by atoms with van der Waals surface area (Å²) in [6.07, 6.45) is 2.59. The third kappa shape index (κ3) is 6.34. The summed E-state index contributed by atoms with van der Waals surface area (Å²) < 4.78 is 0. The molecule has 0 aromatic carbocycles. The molecule has 0 spiro atoms. The van der Waals surface area contributed by atoms with Gasteiger partial charge in [0.05, 0.1) is 0 Å². The molecule has 13 heavy (non-hydrogen) atoms. The molecule has 80 valence electrons. The molecule has 0 aliphatic carbocycles. The van der Waals surface area contributed by atoms with Gasteiger partial charge in [-0.25, -0.2) is 0 Å². The zero-order chi connectivity index (χ0) is 10.3. The summed E-state index contributed by atoms with van der Waals surface area (Å²) in [5.41, 5.74) is 0. The van der Waals surface area contributed by atoms with Gasteiger partial charge in [0, 0.05) is 11.9 Å². The second-order valence-corrected chi connectivity index (χ2v) is 4.53. The van der Waals surface area contributed by atoms with E-state index in [1.165, 1.54) is 12.8 Å². The first-order valence-electron chi connectivity index (χ1n) is 5.41. The van der Waals surface area contributed by atoms with E-state index in [0.717, 1.165) is 18.3 Å². The Labute approximate surface area is 88.2 Å². The summed E-state index contributed by atoms with van der Waals surface area (Å²) in [4.78, 5) is 0. The first kappa shape index (κ1) is 13.2. The highest BCUT2D eigenvalue weighted by molar-refractivity contribution is 6.18. The molecule has 2 heteroatoms. The molecule has 3 unspecified atom stereocenters.